The first-order valence-corrected chi connectivity index (χ1v) is 7.48. The Balaban J connectivity index is 1.71. The van der Waals surface area contributed by atoms with Crippen molar-refractivity contribution in [3.8, 4) is 0 Å². The van der Waals surface area contributed by atoms with E-state index < -0.39 is 5.97 Å². The molecule has 120 valence electrons. The summed E-state index contributed by atoms with van der Waals surface area (Å²) in [5.41, 5.74) is 1.05. The number of carboxylic acids is 1. The Hall–Kier alpha value is -2.67. The molecule has 2 heterocycles. The molecule has 1 aliphatic heterocycles. The number of carbonyl (C=O) groups is 1. The first-order chi connectivity index (χ1) is 11.1. The third-order valence-corrected chi connectivity index (χ3v) is 3.88. The zero-order valence-corrected chi connectivity index (χ0v) is 12.9. The quantitative estimate of drug-likeness (QED) is 0.888. The normalized spacial score (nSPS) is 15.4. The molecule has 0 saturated carbocycles. The number of rotatable bonds is 4. The number of hydrogen-bond acceptors (Lipinski definition) is 6. The number of carboxylic acid groups (broad SMARTS) is 1. The van der Waals surface area contributed by atoms with Gasteiger partial charge in [0.15, 0.2) is 0 Å². The van der Waals surface area contributed by atoms with E-state index in [0.29, 0.717) is 5.82 Å². The molecule has 1 fully saturated rings. The summed E-state index contributed by atoms with van der Waals surface area (Å²) in [6.07, 6.45) is 1.54. The molecule has 7 heteroatoms. The van der Waals surface area contributed by atoms with Gasteiger partial charge in [-0.25, -0.2) is 14.8 Å². The summed E-state index contributed by atoms with van der Waals surface area (Å²) >= 11 is 0. The highest BCUT2D eigenvalue weighted by atomic mass is 16.4. The smallest absolute Gasteiger partial charge is 0.335 e. The number of aromatic nitrogens is 2. The van der Waals surface area contributed by atoms with Gasteiger partial charge in [-0.2, -0.15) is 0 Å². The van der Waals surface area contributed by atoms with E-state index in [1.165, 1.54) is 0 Å². The molecule has 0 bridgehead atoms. The number of likely N-dealkylation sites (N-methyl/N-ethyl adjacent to an activating group) is 1. The standard InChI is InChI=1S/C16H19N5O2/c1-20-6-8-21(9-7-20)15-10-14(17-11-18-15)19-13-4-2-12(3-5-13)16(22)23/h2-5,10-11H,6-9H2,1H3,(H,22,23)(H,17,18,19). The predicted octanol–water partition coefficient (Wildman–Crippen LogP) is 1.67. The van der Waals surface area contributed by atoms with Crippen LogP contribution in [0.3, 0.4) is 0 Å². The van der Waals surface area contributed by atoms with Crippen molar-refractivity contribution >= 4 is 23.3 Å². The van der Waals surface area contributed by atoms with Gasteiger partial charge >= 0.3 is 5.97 Å². The molecule has 0 atom stereocenters. The fourth-order valence-corrected chi connectivity index (χ4v) is 2.47. The van der Waals surface area contributed by atoms with E-state index >= 15 is 0 Å². The van der Waals surface area contributed by atoms with Crippen LogP contribution in [-0.2, 0) is 0 Å². The second-order valence-electron chi connectivity index (χ2n) is 5.56. The lowest BCUT2D eigenvalue weighted by Crippen LogP contribution is -2.44. The predicted molar refractivity (Wildman–Crippen MR) is 88.4 cm³/mol. The second kappa shape index (κ2) is 6.62. The Morgan fingerprint density at radius 3 is 2.48 bits per heavy atom. The molecular weight excluding hydrogens is 294 g/mol. The topological polar surface area (TPSA) is 81.6 Å². The molecular formula is C16H19N5O2. The van der Waals surface area contributed by atoms with Crippen LogP contribution in [0.25, 0.3) is 0 Å². The number of piperazine rings is 1. The van der Waals surface area contributed by atoms with Gasteiger partial charge in [-0.15, -0.1) is 0 Å². The Kier molecular flexibility index (Phi) is 4.38. The maximum Gasteiger partial charge on any atom is 0.335 e. The zero-order valence-electron chi connectivity index (χ0n) is 12.9. The van der Waals surface area contributed by atoms with Crippen molar-refractivity contribution in [2.75, 3.05) is 43.4 Å². The highest BCUT2D eigenvalue weighted by Gasteiger charge is 2.15. The van der Waals surface area contributed by atoms with Crippen LogP contribution < -0.4 is 10.2 Å². The van der Waals surface area contributed by atoms with Crippen molar-refractivity contribution in [1.82, 2.24) is 14.9 Å². The van der Waals surface area contributed by atoms with Crippen molar-refractivity contribution < 1.29 is 9.90 Å². The fraction of sp³-hybridized carbons (Fsp3) is 0.312. The Bertz CT molecular complexity index is 681. The zero-order chi connectivity index (χ0) is 16.2. The molecule has 2 aromatic rings. The van der Waals surface area contributed by atoms with Crippen LogP contribution in [0.2, 0.25) is 0 Å². The molecule has 23 heavy (non-hydrogen) atoms. The van der Waals surface area contributed by atoms with Crippen LogP contribution in [0.1, 0.15) is 10.4 Å². The van der Waals surface area contributed by atoms with E-state index in [2.05, 4.69) is 32.1 Å². The fourth-order valence-electron chi connectivity index (χ4n) is 2.47. The molecule has 0 unspecified atom stereocenters. The van der Waals surface area contributed by atoms with Crippen LogP contribution in [0.15, 0.2) is 36.7 Å². The molecule has 2 N–H and O–H groups in total. The lowest BCUT2D eigenvalue weighted by atomic mass is 10.2. The summed E-state index contributed by atoms with van der Waals surface area (Å²) in [6.45, 7) is 3.92. The molecule has 7 nitrogen and oxygen atoms in total. The average molecular weight is 313 g/mol. The molecule has 0 amide bonds. The summed E-state index contributed by atoms with van der Waals surface area (Å²) in [7, 11) is 2.12. The Morgan fingerprint density at radius 2 is 1.83 bits per heavy atom. The second-order valence-corrected chi connectivity index (χ2v) is 5.56. The van der Waals surface area contributed by atoms with Crippen molar-refractivity contribution in [3.63, 3.8) is 0 Å². The molecule has 0 radical (unpaired) electrons. The van der Waals surface area contributed by atoms with Gasteiger partial charge in [-0.1, -0.05) is 0 Å². The van der Waals surface area contributed by atoms with E-state index in [9.17, 15) is 4.79 Å². The molecule has 1 aromatic heterocycles. The molecule has 1 aromatic carbocycles. The highest BCUT2D eigenvalue weighted by molar-refractivity contribution is 5.88. The van der Waals surface area contributed by atoms with Gasteiger partial charge in [-0.05, 0) is 31.3 Å². The average Bonchev–Trinajstić information content (AvgIpc) is 2.56. The van der Waals surface area contributed by atoms with E-state index in [0.717, 1.165) is 37.7 Å². The van der Waals surface area contributed by atoms with Crippen LogP contribution in [0.4, 0.5) is 17.3 Å². The van der Waals surface area contributed by atoms with Crippen LogP contribution in [0.5, 0.6) is 0 Å². The highest BCUT2D eigenvalue weighted by Crippen LogP contribution is 2.19. The number of nitrogens with zero attached hydrogens (tertiary/aromatic N) is 4. The number of benzene rings is 1. The third kappa shape index (κ3) is 3.75. The molecule has 0 aliphatic carbocycles. The summed E-state index contributed by atoms with van der Waals surface area (Å²) < 4.78 is 0. The Labute approximate surface area is 134 Å². The van der Waals surface area contributed by atoms with Crippen LogP contribution in [0, 0.1) is 0 Å². The van der Waals surface area contributed by atoms with Crippen LogP contribution >= 0.6 is 0 Å². The van der Waals surface area contributed by atoms with Gasteiger partial charge in [0.05, 0.1) is 5.56 Å². The molecule has 0 spiro atoms. The minimum atomic E-state index is -0.934. The van der Waals surface area contributed by atoms with Crippen LogP contribution in [-0.4, -0.2) is 59.2 Å². The van der Waals surface area contributed by atoms with E-state index in [1.54, 1.807) is 30.6 Å². The molecule has 1 saturated heterocycles. The van der Waals surface area contributed by atoms with Gasteiger partial charge in [0.2, 0.25) is 0 Å². The third-order valence-electron chi connectivity index (χ3n) is 3.88. The van der Waals surface area contributed by atoms with Gasteiger partial charge in [0, 0.05) is 37.9 Å². The van der Waals surface area contributed by atoms with E-state index in [1.807, 2.05) is 6.07 Å². The van der Waals surface area contributed by atoms with E-state index in [-0.39, 0.29) is 5.56 Å². The number of aromatic carboxylic acids is 1. The van der Waals surface area contributed by atoms with Gasteiger partial charge in [0.1, 0.15) is 18.0 Å². The number of nitrogens with one attached hydrogen (secondary N) is 1. The summed E-state index contributed by atoms with van der Waals surface area (Å²) in [5, 5.41) is 12.1. The number of anilines is 3. The first-order valence-electron chi connectivity index (χ1n) is 7.48. The van der Waals surface area contributed by atoms with Crippen molar-refractivity contribution in [2.24, 2.45) is 0 Å². The molecule has 1 aliphatic rings. The minimum absolute atomic E-state index is 0.261. The Morgan fingerprint density at radius 1 is 1.13 bits per heavy atom. The lowest BCUT2D eigenvalue weighted by molar-refractivity contribution is 0.0697. The molecule has 3 rings (SSSR count). The number of hydrogen-bond donors (Lipinski definition) is 2. The summed E-state index contributed by atoms with van der Waals surface area (Å²) in [5.74, 6) is 0.658. The largest absolute Gasteiger partial charge is 0.478 e. The van der Waals surface area contributed by atoms with Gasteiger partial charge in [0.25, 0.3) is 0 Å². The SMILES string of the molecule is CN1CCN(c2cc(Nc3ccc(C(=O)O)cc3)ncn2)CC1. The van der Waals surface area contributed by atoms with E-state index in [4.69, 9.17) is 5.11 Å². The summed E-state index contributed by atoms with van der Waals surface area (Å²) in [6, 6.07) is 8.49. The maximum absolute atomic E-state index is 10.9. The lowest BCUT2D eigenvalue weighted by Gasteiger charge is -2.33. The summed E-state index contributed by atoms with van der Waals surface area (Å²) in [4.78, 5) is 24.0. The van der Waals surface area contributed by atoms with Gasteiger partial charge in [-0.3, -0.25) is 0 Å². The first kappa shape index (κ1) is 15.2. The van der Waals surface area contributed by atoms with Crippen molar-refractivity contribution in [2.45, 2.75) is 0 Å². The van der Waals surface area contributed by atoms with Crippen molar-refractivity contribution in [3.05, 3.63) is 42.2 Å². The minimum Gasteiger partial charge on any atom is -0.478 e. The van der Waals surface area contributed by atoms with Gasteiger partial charge < -0.3 is 20.2 Å². The monoisotopic (exact) mass is 313 g/mol. The maximum atomic E-state index is 10.9. The van der Waals surface area contributed by atoms with Crippen molar-refractivity contribution in [1.29, 1.82) is 0 Å².